The number of halogens is 1. The van der Waals surface area contributed by atoms with Gasteiger partial charge in [0.15, 0.2) is 5.82 Å². The van der Waals surface area contributed by atoms with Crippen LogP contribution in [0, 0.1) is 13.8 Å². The largest absolute Gasteiger partial charge is 0.494 e. The van der Waals surface area contributed by atoms with E-state index in [0.29, 0.717) is 18.1 Å². The molecule has 0 fully saturated rings. The van der Waals surface area contributed by atoms with Crippen molar-refractivity contribution >= 4 is 27.5 Å². The summed E-state index contributed by atoms with van der Waals surface area (Å²) in [6, 6.07) is 21.1. The summed E-state index contributed by atoms with van der Waals surface area (Å²) in [6.07, 6.45) is 0. The molecule has 0 radical (unpaired) electrons. The van der Waals surface area contributed by atoms with E-state index < -0.39 is 0 Å². The number of hydrogen-bond donors (Lipinski definition) is 1. The van der Waals surface area contributed by atoms with Crippen molar-refractivity contribution in [1.82, 2.24) is 14.8 Å². The maximum absolute atomic E-state index is 13.0. The highest BCUT2D eigenvalue weighted by atomic mass is 79.9. The van der Waals surface area contributed by atoms with E-state index in [4.69, 9.17) is 4.74 Å². The lowest BCUT2D eigenvalue weighted by atomic mass is 10.1. The predicted molar refractivity (Wildman–Crippen MR) is 130 cm³/mol. The van der Waals surface area contributed by atoms with Gasteiger partial charge in [-0.05, 0) is 74.4 Å². The third kappa shape index (κ3) is 4.73. The summed E-state index contributed by atoms with van der Waals surface area (Å²) in [4.78, 5) is 17.6. The van der Waals surface area contributed by atoms with Crippen LogP contribution in [0.3, 0.4) is 0 Å². The van der Waals surface area contributed by atoms with Gasteiger partial charge in [0.05, 0.1) is 12.3 Å². The van der Waals surface area contributed by atoms with Crippen molar-refractivity contribution in [1.29, 1.82) is 0 Å². The van der Waals surface area contributed by atoms with Gasteiger partial charge in [-0.3, -0.25) is 4.79 Å². The van der Waals surface area contributed by atoms with Crippen molar-refractivity contribution in [2.45, 2.75) is 20.8 Å². The molecule has 1 heterocycles. The van der Waals surface area contributed by atoms with Crippen LogP contribution in [0.2, 0.25) is 0 Å². The Labute approximate surface area is 195 Å². The number of nitrogens with zero attached hydrogens (tertiary/aromatic N) is 3. The van der Waals surface area contributed by atoms with Gasteiger partial charge in [0.1, 0.15) is 5.75 Å². The molecule has 0 unspecified atom stereocenters. The molecule has 0 saturated heterocycles. The van der Waals surface area contributed by atoms with Gasteiger partial charge in [-0.25, -0.2) is 9.67 Å². The lowest BCUT2D eigenvalue weighted by Crippen LogP contribution is -2.14. The molecule has 0 spiro atoms. The number of carbonyl (C=O) groups is 1. The van der Waals surface area contributed by atoms with Gasteiger partial charge in [-0.15, -0.1) is 5.10 Å². The molecule has 7 heteroatoms. The van der Waals surface area contributed by atoms with Gasteiger partial charge in [-0.1, -0.05) is 40.2 Å². The molecule has 0 aliphatic rings. The SMILES string of the molecule is CCOc1ccc(NC(=O)c2nc(-c3ccc(Br)cc3)n(-c3cc(C)ccc3C)n2)cc1. The second-order valence-electron chi connectivity index (χ2n) is 7.38. The van der Waals surface area contributed by atoms with Gasteiger partial charge >= 0.3 is 0 Å². The first-order valence-corrected chi connectivity index (χ1v) is 11.1. The van der Waals surface area contributed by atoms with Crippen LogP contribution in [0.1, 0.15) is 28.7 Å². The fourth-order valence-electron chi connectivity index (χ4n) is 3.30. The Balaban J connectivity index is 1.72. The molecule has 32 heavy (non-hydrogen) atoms. The van der Waals surface area contributed by atoms with Crippen molar-refractivity contribution < 1.29 is 9.53 Å². The third-order valence-corrected chi connectivity index (χ3v) is 5.46. The Morgan fingerprint density at radius 1 is 1.03 bits per heavy atom. The van der Waals surface area contributed by atoms with Crippen molar-refractivity contribution in [2.75, 3.05) is 11.9 Å². The predicted octanol–water partition coefficient (Wildman–Crippen LogP) is 5.96. The van der Waals surface area contributed by atoms with Gasteiger partial charge in [-0.2, -0.15) is 0 Å². The average Bonchev–Trinajstić information content (AvgIpc) is 3.23. The minimum Gasteiger partial charge on any atom is -0.494 e. The zero-order valence-corrected chi connectivity index (χ0v) is 19.7. The maximum atomic E-state index is 13.0. The normalized spacial score (nSPS) is 10.8. The van der Waals surface area contributed by atoms with Gasteiger partial charge in [0, 0.05) is 15.7 Å². The molecule has 0 atom stereocenters. The first kappa shape index (κ1) is 21.8. The molecular weight excluding hydrogens is 468 g/mol. The molecule has 4 rings (SSSR count). The molecule has 0 saturated carbocycles. The number of ether oxygens (including phenoxy) is 1. The van der Waals surface area contributed by atoms with Crippen LogP contribution in [-0.2, 0) is 0 Å². The summed E-state index contributed by atoms with van der Waals surface area (Å²) < 4.78 is 8.15. The summed E-state index contributed by atoms with van der Waals surface area (Å²) in [7, 11) is 0. The molecule has 4 aromatic rings. The number of aryl methyl sites for hydroxylation is 2. The zero-order valence-electron chi connectivity index (χ0n) is 18.1. The van der Waals surface area contributed by atoms with Crippen LogP contribution >= 0.6 is 15.9 Å². The summed E-state index contributed by atoms with van der Waals surface area (Å²) in [5.41, 5.74) is 4.53. The van der Waals surface area contributed by atoms with Crippen LogP contribution in [0.4, 0.5) is 5.69 Å². The standard InChI is InChI=1S/C25H23BrN4O2/c1-4-32-21-13-11-20(12-14-21)27-25(31)23-28-24(18-7-9-19(26)10-8-18)30(29-23)22-15-16(2)5-6-17(22)3/h5-15H,4H2,1-3H3,(H,27,31). The van der Waals surface area contributed by atoms with Crippen LogP contribution in [0.5, 0.6) is 5.75 Å². The zero-order chi connectivity index (χ0) is 22.7. The number of amides is 1. The monoisotopic (exact) mass is 490 g/mol. The van der Waals surface area contributed by atoms with Crippen LogP contribution in [0.15, 0.2) is 71.2 Å². The Bertz CT molecular complexity index is 1250. The van der Waals surface area contributed by atoms with Crippen LogP contribution < -0.4 is 10.1 Å². The number of hydrogen-bond acceptors (Lipinski definition) is 4. The number of nitrogens with one attached hydrogen (secondary N) is 1. The Morgan fingerprint density at radius 3 is 2.44 bits per heavy atom. The van der Waals surface area contributed by atoms with E-state index in [9.17, 15) is 4.79 Å². The molecular formula is C25H23BrN4O2. The van der Waals surface area contributed by atoms with Crippen molar-refractivity contribution in [3.8, 4) is 22.8 Å². The summed E-state index contributed by atoms with van der Waals surface area (Å²) in [6.45, 7) is 6.56. The molecule has 1 amide bonds. The molecule has 0 bridgehead atoms. The molecule has 6 nitrogen and oxygen atoms in total. The molecule has 0 aliphatic heterocycles. The topological polar surface area (TPSA) is 69.0 Å². The maximum Gasteiger partial charge on any atom is 0.295 e. The number of carbonyl (C=O) groups excluding carboxylic acids is 1. The molecule has 1 N–H and O–H groups in total. The fraction of sp³-hybridized carbons (Fsp3) is 0.160. The van der Waals surface area contributed by atoms with E-state index in [2.05, 4.69) is 37.4 Å². The average molecular weight is 491 g/mol. The van der Waals surface area contributed by atoms with E-state index in [1.807, 2.05) is 69.3 Å². The summed E-state index contributed by atoms with van der Waals surface area (Å²) >= 11 is 3.47. The smallest absolute Gasteiger partial charge is 0.295 e. The van der Waals surface area contributed by atoms with E-state index >= 15 is 0 Å². The highest BCUT2D eigenvalue weighted by molar-refractivity contribution is 9.10. The first-order chi connectivity index (χ1) is 15.4. The fourth-order valence-corrected chi connectivity index (χ4v) is 3.56. The van der Waals surface area contributed by atoms with E-state index in [1.54, 1.807) is 16.8 Å². The Kier molecular flexibility index (Phi) is 6.37. The summed E-state index contributed by atoms with van der Waals surface area (Å²) in [5.74, 6) is 1.07. The van der Waals surface area contributed by atoms with Gasteiger partial charge < -0.3 is 10.1 Å². The Morgan fingerprint density at radius 2 is 1.75 bits per heavy atom. The van der Waals surface area contributed by atoms with Gasteiger partial charge in [0.2, 0.25) is 5.82 Å². The van der Waals surface area contributed by atoms with E-state index in [-0.39, 0.29) is 11.7 Å². The minimum absolute atomic E-state index is 0.0951. The van der Waals surface area contributed by atoms with E-state index in [1.165, 1.54) is 0 Å². The number of benzene rings is 3. The lowest BCUT2D eigenvalue weighted by molar-refractivity contribution is 0.101. The van der Waals surface area contributed by atoms with E-state index in [0.717, 1.165) is 32.6 Å². The minimum atomic E-state index is -0.378. The summed E-state index contributed by atoms with van der Waals surface area (Å²) in [5, 5.41) is 7.45. The van der Waals surface area contributed by atoms with Crippen molar-refractivity contribution in [3.63, 3.8) is 0 Å². The number of anilines is 1. The first-order valence-electron chi connectivity index (χ1n) is 10.3. The molecule has 0 aliphatic carbocycles. The Hall–Kier alpha value is -3.45. The highest BCUT2D eigenvalue weighted by Crippen LogP contribution is 2.26. The molecule has 162 valence electrons. The number of aromatic nitrogens is 3. The van der Waals surface area contributed by atoms with Gasteiger partial charge in [0.25, 0.3) is 5.91 Å². The molecule has 1 aromatic heterocycles. The second kappa shape index (κ2) is 9.36. The lowest BCUT2D eigenvalue weighted by Gasteiger charge is -2.10. The van der Waals surface area contributed by atoms with Crippen molar-refractivity contribution in [3.05, 3.63) is 88.2 Å². The third-order valence-electron chi connectivity index (χ3n) is 4.93. The van der Waals surface area contributed by atoms with Crippen LogP contribution in [0.25, 0.3) is 17.1 Å². The molecule has 3 aromatic carbocycles. The highest BCUT2D eigenvalue weighted by Gasteiger charge is 2.20. The van der Waals surface area contributed by atoms with Crippen LogP contribution in [-0.4, -0.2) is 27.3 Å². The second-order valence-corrected chi connectivity index (χ2v) is 8.29. The van der Waals surface area contributed by atoms with Crippen molar-refractivity contribution in [2.24, 2.45) is 0 Å². The quantitative estimate of drug-likeness (QED) is 0.361. The number of rotatable bonds is 6.